The van der Waals surface area contributed by atoms with Crippen LogP contribution in [0, 0.1) is 0 Å². The Morgan fingerprint density at radius 3 is 2.96 bits per heavy atom. The fourth-order valence-electron chi connectivity index (χ4n) is 2.64. The Balaban J connectivity index is 1.59. The van der Waals surface area contributed by atoms with E-state index < -0.39 is 0 Å². The molecule has 1 unspecified atom stereocenters. The zero-order valence-electron chi connectivity index (χ0n) is 14.4. The summed E-state index contributed by atoms with van der Waals surface area (Å²) in [6.07, 6.45) is 1.53. The molecule has 0 spiro atoms. The summed E-state index contributed by atoms with van der Waals surface area (Å²) in [7, 11) is 1.62. The van der Waals surface area contributed by atoms with Crippen molar-refractivity contribution in [2.24, 2.45) is 0 Å². The van der Waals surface area contributed by atoms with Gasteiger partial charge in [-0.15, -0.1) is 10.2 Å². The van der Waals surface area contributed by atoms with Gasteiger partial charge < -0.3 is 19.5 Å². The second-order valence-corrected chi connectivity index (χ2v) is 5.90. The fourth-order valence-corrected chi connectivity index (χ4v) is 2.64. The van der Waals surface area contributed by atoms with Gasteiger partial charge in [0, 0.05) is 30.9 Å². The second kappa shape index (κ2) is 7.94. The number of aromatic amines is 1. The maximum absolute atomic E-state index is 12.0. The van der Waals surface area contributed by atoms with Crippen molar-refractivity contribution in [2.45, 2.75) is 32.2 Å². The Morgan fingerprint density at radius 2 is 2.20 bits per heavy atom. The highest BCUT2D eigenvalue weighted by Crippen LogP contribution is 2.23. The van der Waals surface area contributed by atoms with Crippen LogP contribution in [-0.2, 0) is 16.0 Å². The topological polar surface area (TPSA) is 93.0 Å². The molecule has 7 nitrogen and oxygen atoms in total. The number of nitrogens with one attached hydrogen (secondary N) is 2. The number of H-pyrrole nitrogens is 1. The molecule has 0 aliphatic carbocycles. The minimum Gasteiger partial charge on any atom is -0.419 e. The first kappa shape index (κ1) is 17.2. The third-order valence-electron chi connectivity index (χ3n) is 4.02. The van der Waals surface area contributed by atoms with Gasteiger partial charge in [0.05, 0.1) is 12.6 Å². The molecule has 0 fully saturated rings. The van der Waals surface area contributed by atoms with Crippen molar-refractivity contribution >= 4 is 16.8 Å². The number of nitrogens with zero attached hydrogens (tertiary/aromatic N) is 2. The Labute approximate surface area is 145 Å². The van der Waals surface area contributed by atoms with E-state index in [9.17, 15) is 4.79 Å². The normalized spacial score (nSPS) is 12.4. The average molecular weight is 342 g/mol. The van der Waals surface area contributed by atoms with Gasteiger partial charge in [-0.2, -0.15) is 0 Å². The maximum Gasteiger partial charge on any atom is 0.264 e. The molecule has 0 bridgehead atoms. The summed E-state index contributed by atoms with van der Waals surface area (Å²) in [5.74, 6) is 0.829. The van der Waals surface area contributed by atoms with Crippen LogP contribution in [0.15, 0.2) is 34.7 Å². The number of hydrogen-bond acceptors (Lipinski definition) is 5. The van der Waals surface area contributed by atoms with Gasteiger partial charge in [-0.25, -0.2) is 0 Å². The lowest BCUT2D eigenvalue weighted by atomic mass is 10.2. The van der Waals surface area contributed by atoms with Crippen molar-refractivity contribution in [3.05, 3.63) is 36.2 Å². The van der Waals surface area contributed by atoms with Gasteiger partial charge in [0.2, 0.25) is 11.8 Å². The summed E-state index contributed by atoms with van der Waals surface area (Å²) in [6.45, 7) is 2.52. The molecule has 0 saturated carbocycles. The molecule has 1 aromatic carbocycles. The average Bonchev–Trinajstić information content (AvgIpc) is 3.26. The molecule has 3 rings (SSSR count). The Hall–Kier alpha value is -2.67. The van der Waals surface area contributed by atoms with Crippen LogP contribution in [0.3, 0.4) is 0 Å². The number of methoxy groups -OCH3 is 1. The molecule has 0 aliphatic heterocycles. The van der Waals surface area contributed by atoms with Crippen LogP contribution >= 0.6 is 0 Å². The Bertz CT molecular complexity index is 807. The second-order valence-electron chi connectivity index (χ2n) is 5.90. The highest BCUT2D eigenvalue weighted by molar-refractivity contribution is 5.84. The number of aryl methyl sites for hydroxylation is 1. The molecule has 2 heterocycles. The first-order valence-corrected chi connectivity index (χ1v) is 8.38. The molecule has 132 valence electrons. The van der Waals surface area contributed by atoms with Crippen molar-refractivity contribution in [3.8, 4) is 11.6 Å². The summed E-state index contributed by atoms with van der Waals surface area (Å²) < 4.78 is 10.7. The zero-order chi connectivity index (χ0) is 17.6. The minimum atomic E-state index is -0.0470. The molecule has 2 N–H and O–H groups in total. The van der Waals surface area contributed by atoms with E-state index in [0.29, 0.717) is 31.2 Å². The first-order chi connectivity index (χ1) is 12.2. The predicted molar refractivity (Wildman–Crippen MR) is 94.0 cm³/mol. The summed E-state index contributed by atoms with van der Waals surface area (Å²) in [4.78, 5) is 15.2. The fraction of sp³-hybridized carbons (Fsp3) is 0.389. The number of para-hydroxylation sites is 1. The highest BCUT2D eigenvalue weighted by Gasteiger charge is 2.14. The molecular formula is C18H22N4O3. The van der Waals surface area contributed by atoms with E-state index in [1.165, 1.54) is 0 Å². The molecule has 1 atom stereocenters. The van der Waals surface area contributed by atoms with Crippen LogP contribution < -0.4 is 5.32 Å². The number of ether oxygens (including phenoxy) is 1. The summed E-state index contributed by atoms with van der Waals surface area (Å²) in [5, 5.41) is 12.1. The molecule has 0 radical (unpaired) electrons. The minimum absolute atomic E-state index is 0.0297. The first-order valence-electron chi connectivity index (χ1n) is 8.38. The summed E-state index contributed by atoms with van der Waals surface area (Å²) >= 11 is 0. The van der Waals surface area contributed by atoms with E-state index in [2.05, 4.69) is 20.5 Å². The molecule has 7 heteroatoms. The van der Waals surface area contributed by atoms with Crippen LogP contribution in [0.25, 0.3) is 22.5 Å². The van der Waals surface area contributed by atoms with E-state index in [1.54, 1.807) is 7.11 Å². The van der Waals surface area contributed by atoms with Crippen molar-refractivity contribution in [2.75, 3.05) is 13.7 Å². The number of hydrogen-bond donors (Lipinski definition) is 2. The van der Waals surface area contributed by atoms with Gasteiger partial charge in [0.15, 0.2) is 0 Å². The standard InChI is InChI=1S/C18H22N4O3/c1-3-13(11-24-2)19-16(23)8-9-17-21-22-18(25-17)15-10-12-6-4-5-7-14(12)20-15/h4-7,10,13,20H,3,8-9,11H2,1-2H3,(H,19,23). The zero-order valence-corrected chi connectivity index (χ0v) is 14.4. The molecule has 3 aromatic rings. The van der Waals surface area contributed by atoms with Crippen LogP contribution in [0.4, 0.5) is 0 Å². The van der Waals surface area contributed by atoms with E-state index in [1.807, 2.05) is 37.3 Å². The number of rotatable bonds is 8. The number of carbonyl (C=O) groups is 1. The van der Waals surface area contributed by atoms with Gasteiger partial charge in [0.25, 0.3) is 5.89 Å². The number of benzene rings is 1. The summed E-state index contributed by atoms with van der Waals surface area (Å²) in [6, 6.07) is 9.95. The lowest BCUT2D eigenvalue weighted by Gasteiger charge is -2.15. The van der Waals surface area contributed by atoms with Gasteiger partial charge >= 0.3 is 0 Å². The molecule has 0 saturated heterocycles. The van der Waals surface area contributed by atoms with Crippen LogP contribution in [0.5, 0.6) is 0 Å². The number of aromatic nitrogens is 3. The van der Waals surface area contributed by atoms with Crippen LogP contribution in [0.2, 0.25) is 0 Å². The molecule has 0 aliphatic rings. The predicted octanol–water partition coefficient (Wildman–Crippen LogP) is 2.69. The number of amides is 1. The van der Waals surface area contributed by atoms with Gasteiger partial charge in [0.1, 0.15) is 5.69 Å². The monoisotopic (exact) mass is 342 g/mol. The molecule has 2 aromatic heterocycles. The maximum atomic E-state index is 12.0. The van der Waals surface area contributed by atoms with Gasteiger partial charge in [-0.05, 0) is 18.6 Å². The third-order valence-corrected chi connectivity index (χ3v) is 4.02. The van der Waals surface area contributed by atoms with Crippen molar-refractivity contribution in [3.63, 3.8) is 0 Å². The lowest BCUT2D eigenvalue weighted by molar-refractivity contribution is -0.122. The van der Waals surface area contributed by atoms with Gasteiger partial charge in [-0.3, -0.25) is 4.79 Å². The smallest absolute Gasteiger partial charge is 0.264 e. The SMILES string of the molecule is CCC(COC)NC(=O)CCc1nnc(-c2cc3ccccc3[nH]2)o1. The highest BCUT2D eigenvalue weighted by atomic mass is 16.5. The van der Waals surface area contributed by atoms with Crippen molar-refractivity contribution in [1.29, 1.82) is 0 Å². The molecule has 25 heavy (non-hydrogen) atoms. The lowest BCUT2D eigenvalue weighted by Crippen LogP contribution is -2.37. The van der Waals surface area contributed by atoms with Crippen molar-refractivity contribution in [1.82, 2.24) is 20.5 Å². The number of fused-ring (bicyclic) bond motifs is 1. The molecular weight excluding hydrogens is 320 g/mol. The largest absolute Gasteiger partial charge is 0.419 e. The molecule has 1 amide bonds. The quantitative estimate of drug-likeness (QED) is 0.656. The Morgan fingerprint density at radius 1 is 1.36 bits per heavy atom. The van der Waals surface area contributed by atoms with Crippen molar-refractivity contribution < 1.29 is 13.9 Å². The van der Waals surface area contributed by atoms with E-state index in [0.717, 1.165) is 23.0 Å². The summed E-state index contributed by atoms with van der Waals surface area (Å²) in [5.41, 5.74) is 1.79. The van der Waals surface area contributed by atoms with Crippen LogP contribution in [-0.4, -0.2) is 40.8 Å². The van der Waals surface area contributed by atoms with Gasteiger partial charge in [-0.1, -0.05) is 25.1 Å². The van der Waals surface area contributed by atoms with E-state index >= 15 is 0 Å². The third kappa shape index (κ3) is 4.24. The Kier molecular flexibility index (Phi) is 5.45. The van der Waals surface area contributed by atoms with E-state index in [-0.39, 0.29) is 11.9 Å². The van der Waals surface area contributed by atoms with Crippen LogP contribution in [0.1, 0.15) is 25.7 Å². The van der Waals surface area contributed by atoms with E-state index in [4.69, 9.17) is 9.15 Å². The number of carbonyl (C=O) groups excluding carboxylic acids is 1.